The average Bonchev–Trinajstić information content (AvgIpc) is 2.63. The summed E-state index contributed by atoms with van der Waals surface area (Å²) in [6, 6.07) is 16.2. The highest BCUT2D eigenvalue weighted by molar-refractivity contribution is 9.10. The van der Waals surface area contributed by atoms with E-state index < -0.39 is 5.41 Å². The Balaban J connectivity index is 1.90. The van der Waals surface area contributed by atoms with Gasteiger partial charge in [0.2, 0.25) is 5.91 Å². The molecule has 3 nitrogen and oxygen atoms in total. The first-order valence-corrected chi connectivity index (χ1v) is 9.56. The zero-order valence-electron chi connectivity index (χ0n) is 14.7. The lowest BCUT2D eigenvalue weighted by atomic mass is 9.73. The molecule has 0 spiro atoms. The molecular weight excluding hydrogens is 378 g/mol. The maximum Gasteiger partial charge on any atom is 0.235 e. The van der Waals surface area contributed by atoms with Gasteiger partial charge >= 0.3 is 0 Å². The number of anilines is 1. The summed E-state index contributed by atoms with van der Waals surface area (Å²) in [5.74, 6) is 0.486. The van der Waals surface area contributed by atoms with E-state index in [1.807, 2.05) is 36.4 Å². The Labute approximate surface area is 157 Å². The maximum atomic E-state index is 13.3. The molecule has 0 aliphatic carbocycles. The zero-order chi connectivity index (χ0) is 17.9. The predicted molar refractivity (Wildman–Crippen MR) is 105 cm³/mol. The van der Waals surface area contributed by atoms with Gasteiger partial charge in [0.05, 0.1) is 5.41 Å². The SMILES string of the molecule is CC(C)c1cccc(NC(=O)C2(c3ccc(Br)cc3)CCOCC2)c1. The van der Waals surface area contributed by atoms with Gasteiger partial charge in [0.1, 0.15) is 0 Å². The summed E-state index contributed by atoms with van der Waals surface area (Å²) in [6.07, 6.45) is 1.40. The second-order valence-electron chi connectivity index (χ2n) is 6.94. The van der Waals surface area contributed by atoms with Gasteiger partial charge in [0.15, 0.2) is 0 Å². The standard InChI is InChI=1S/C21H24BrNO2/c1-15(2)16-4-3-5-19(14-16)23-20(24)21(10-12-25-13-11-21)17-6-8-18(22)9-7-17/h3-9,14-15H,10-13H2,1-2H3,(H,23,24). The van der Waals surface area contributed by atoms with Crippen molar-refractivity contribution in [3.8, 4) is 0 Å². The van der Waals surface area contributed by atoms with Crippen molar-refractivity contribution >= 4 is 27.5 Å². The summed E-state index contributed by atoms with van der Waals surface area (Å²) < 4.78 is 6.55. The largest absolute Gasteiger partial charge is 0.381 e. The third kappa shape index (κ3) is 3.96. The zero-order valence-corrected chi connectivity index (χ0v) is 16.3. The van der Waals surface area contributed by atoms with Crippen molar-refractivity contribution in [1.29, 1.82) is 0 Å². The number of amides is 1. The molecule has 1 amide bonds. The predicted octanol–water partition coefficient (Wildman–Crippen LogP) is 5.26. The van der Waals surface area contributed by atoms with E-state index >= 15 is 0 Å². The van der Waals surface area contributed by atoms with Crippen LogP contribution in [-0.2, 0) is 14.9 Å². The van der Waals surface area contributed by atoms with Crippen LogP contribution in [-0.4, -0.2) is 19.1 Å². The van der Waals surface area contributed by atoms with Crippen molar-refractivity contribution in [3.63, 3.8) is 0 Å². The van der Waals surface area contributed by atoms with Crippen molar-refractivity contribution in [2.45, 2.75) is 38.0 Å². The summed E-state index contributed by atoms with van der Waals surface area (Å²) in [7, 11) is 0. The molecule has 0 bridgehead atoms. The van der Waals surface area contributed by atoms with Gasteiger partial charge in [-0.05, 0) is 54.2 Å². The third-order valence-corrected chi connectivity index (χ3v) is 5.52. The normalized spacial score (nSPS) is 16.6. The molecule has 1 heterocycles. The van der Waals surface area contributed by atoms with E-state index in [9.17, 15) is 4.79 Å². The van der Waals surface area contributed by atoms with Gasteiger partial charge in [-0.1, -0.05) is 54.0 Å². The van der Waals surface area contributed by atoms with Crippen LogP contribution >= 0.6 is 15.9 Å². The molecule has 4 heteroatoms. The molecule has 0 atom stereocenters. The van der Waals surface area contributed by atoms with Crippen LogP contribution in [0, 0.1) is 0 Å². The van der Waals surface area contributed by atoms with Gasteiger partial charge in [0.25, 0.3) is 0 Å². The van der Waals surface area contributed by atoms with Crippen LogP contribution in [0.5, 0.6) is 0 Å². The minimum atomic E-state index is -0.535. The summed E-state index contributed by atoms with van der Waals surface area (Å²) >= 11 is 3.47. The molecule has 0 aromatic heterocycles. The Morgan fingerprint density at radius 3 is 2.44 bits per heavy atom. The quantitative estimate of drug-likeness (QED) is 0.758. The van der Waals surface area contributed by atoms with Crippen molar-refractivity contribution in [1.82, 2.24) is 0 Å². The van der Waals surface area contributed by atoms with Crippen LogP contribution in [0.4, 0.5) is 5.69 Å². The van der Waals surface area contributed by atoms with Crippen molar-refractivity contribution in [2.75, 3.05) is 18.5 Å². The van der Waals surface area contributed by atoms with Gasteiger partial charge in [-0.2, -0.15) is 0 Å². The van der Waals surface area contributed by atoms with Crippen LogP contribution < -0.4 is 5.32 Å². The Morgan fingerprint density at radius 2 is 1.80 bits per heavy atom. The maximum absolute atomic E-state index is 13.3. The molecule has 1 N–H and O–H groups in total. The van der Waals surface area contributed by atoms with E-state index in [1.54, 1.807) is 0 Å². The third-order valence-electron chi connectivity index (χ3n) is 4.99. The van der Waals surface area contributed by atoms with E-state index in [-0.39, 0.29) is 5.91 Å². The van der Waals surface area contributed by atoms with Gasteiger partial charge in [0, 0.05) is 23.4 Å². The molecule has 25 heavy (non-hydrogen) atoms. The Morgan fingerprint density at radius 1 is 1.12 bits per heavy atom. The number of hydrogen-bond acceptors (Lipinski definition) is 2. The number of benzene rings is 2. The fourth-order valence-electron chi connectivity index (χ4n) is 3.36. The van der Waals surface area contributed by atoms with Gasteiger partial charge in [-0.3, -0.25) is 4.79 Å². The summed E-state index contributed by atoms with van der Waals surface area (Å²) in [6.45, 7) is 5.52. The number of halogens is 1. The Kier molecular flexibility index (Phi) is 5.60. The van der Waals surface area contributed by atoms with E-state index in [4.69, 9.17) is 4.74 Å². The van der Waals surface area contributed by atoms with E-state index in [0.717, 1.165) is 15.7 Å². The molecule has 132 valence electrons. The Hall–Kier alpha value is -1.65. The first kappa shape index (κ1) is 18.2. The van der Waals surface area contributed by atoms with Crippen LogP contribution in [0.25, 0.3) is 0 Å². The molecule has 1 aliphatic rings. The average molecular weight is 402 g/mol. The number of carbonyl (C=O) groups excluding carboxylic acids is 1. The highest BCUT2D eigenvalue weighted by Crippen LogP contribution is 2.37. The van der Waals surface area contributed by atoms with Gasteiger partial charge < -0.3 is 10.1 Å². The molecule has 0 unspecified atom stereocenters. The molecule has 2 aromatic rings. The second kappa shape index (κ2) is 7.71. The van der Waals surface area contributed by atoms with E-state index in [0.29, 0.717) is 32.0 Å². The van der Waals surface area contributed by atoms with Gasteiger partial charge in [-0.15, -0.1) is 0 Å². The van der Waals surface area contributed by atoms with Crippen molar-refractivity contribution < 1.29 is 9.53 Å². The number of nitrogens with one attached hydrogen (secondary N) is 1. The van der Waals surface area contributed by atoms with E-state index in [2.05, 4.69) is 47.2 Å². The minimum absolute atomic E-state index is 0.0547. The van der Waals surface area contributed by atoms with Crippen LogP contribution in [0.2, 0.25) is 0 Å². The lowest BCUT2D eigenvalue weighted by Crippen LogP contribution is -2.44. The second-order valence-corrected chi connectivity index (χ2v) is 7.85. The van der Waals surface area contributed by atoms with Crippen molar-refractivity contribution in [3.05, 3.63) is 64.1 Å². The molecule has 3 rings (SSSR count). The lowest BCUT2D eigenvalue weighted by molar-refractivity contribution is -0.125. The van der Waals surface area contributed by atoms with Gasteiger partial charge in [-0.25, -0.2) is 0 Å². The molecule has 0 radical (unpaired) electrons. The summed E-state index contributed by atoms with van der Waals surface area (Å²) in [5, 5.41) is 3.15. The number of ether oxygens (including phenoxy) is 1. The topological polar surface area (TPSA) is 38.3 Å². The van der Waals surface area contributed by atoms with E-state index in [1.165, 1.54) is 5.56 Å². The fourth-order valence-corrected chi connectivity index (χ4v) is 3.63. The molecule has 1 fully saturated rings. The smallest absolute Gasteiger partial charge is 0.235 e. The molecule has 1 saturated heterocycles. The minimum Gasteiger partial charge on any atom is -0.381 e. The fraction of sp³-hybridized carbons (Fsp3) is 0.381. The number of hydrogen-bond donors (Lipinski definition) is 1. The molecule has 1 aliphatic heterocycles. The van der Waals surface area contributed by atoms with Crippen LogP contribution in [0.3, 0.4) is 0 Å². The van der Waals surface area contributed by atoms with Crippen LogP contribution in [0.1, 0.15) is 43.7 Å². The number of rotatable bonds is 4. The highest BCUT2D eigenvalue weighted by Gasteiger charge is 2.41. The molecule has 0 saturated carbocycles. The lowest BCUT2D eigenvalue weighted by Gasteiger charge is -2.36. The summed E-state index contributed by atoms with van der Waals surface area (Å²) in [5.41, 5.74) is 2.60. The molecule has 2 aromatic carbocycles. The monoisotopic (exact) mass is 401 g/mol. The highest BCUT2D eigenvalue weighted by atomic mass is 79.9. The molecular formula is C21H24BrNO2. The van der Waals surface area contributed by atoms with Crippen LogP contribution in [0.15, 0.2) is 53.0 Å². The Bertz CT molecular complexity index is 734. The number of carbonyl (C=O) groups is 1. The first-order valence-electron chi connectivity index (χ1n) is 8.76. The summed E-state index contributed by atoms with van der Waals surface area (Å²) in [4.78, 5) is 13.3. The van der Waals surface area contributed by atoms with Crippen molar-refractivity contribution in [2.24, 2.45) is 0 Å². The first-order chi connectivity index (χ1) is 12.0.